The number of halogens is 1. The molecular formula is C26H25FN4O4S. The number of amides is 2. The van der Waals surface area contributed by atoms with Gasteiger partial charge in [0.05, 0.1) is 23.0 Å². The fraction of sp³-hybridized carbons (Fsp3) is 0.192. The molecule has 0 fully saturated rings. The molecule has 2 N–H and O–H groups in total. The van der Waals surface area contributed by atoms with Crippen LogP contribution in [0, 0.1) is 5.82 Å². The highest BCUT2D eigenvalue weighted by molar-refractivity contribution is 7.19. The number of nitrogens with one attached hydrogen (secondary N) is 2. The molecule has 0 aliphatic rings. The molecule has 0 atom stereocenters. The quantitative estimate of drug-likeness (QED) is 0.300. The molecule has 10 heteroatoms. The number of carbonyl (C=O) groups is 2. The molecule has 0 saturated carbocycles. The van der Waals surface area contributed by atoms with Gasteiger partial charge in [0.25, 0.3) is 0 Å². The molecule has 0 radical (unpaired) electrons. The fourth-order valence-electron chi connectivity index (χ4n) is 3.51. The Bertz CT molecular complexity index is 1410. The zero-order chi connectivity index (χ0) is 25.7. The third-order valence-electron chi connectivity index (χ3n) is 5.04. The molecule has 0 bridgehead atoms. The highest BCUT2D eigenvalue weighted by atomic mass is 32.1. The summed E-state index contributed by atoms with van der Waals surface area (Å²) < 4.78 is 26.7. The second-order valence-electron chi connectivity index (χ2n) is 8.19. The number of fused-ring (bicyclic) bond motifs is 1. The SMILES string of the molecule is COc1ccccc1NC(=O)CC(=O)Nc1ccc(Oc2ccnc3cc(CN(C)C)sc23)c(F)c1. The van der Waals surface area contributed by atoms with Crippen LogP contribution in [0.1, 0.15) is 11.3 Å². The van der Waals surface area contributed by atoms with E-state index in [1.807, 2.05) is 20.2 Å². The van der Waals surface area contributed by atoms with Crippen LogP contribution in [0.25, 0.3) is 10.2 Å². The molecule has 8 nitrogen and oxygen atoms in total. The van der Waals surface area contributed by atoms with Gasteiger partial charge in [0.1, 0.15) is 17.9 Å². The largest absolute Gasteiger partial charge is 0.495 e. The summed E-state index contributed by atoms with van der Waals surface area (Å²) in [4.78, 5) is 32.1. The van der Waals surface area contributed by atoms with Crippen molar-refractivity contribution in [1.82, 2.24) is 9.88 Å². The van der Waals surface area contributed by atoms with E-state index >= 15 is 0 Å². The van der Waals surface area contributed by atoms with Crippen LogP contribution in [0.2, 0.25) is 0 Å². The highest BCUT2D eigenvalue weighted by Gasteiger charge is 2.15. The van der Waals surface area contributed by atoms with Crippen molar-refractivity contribution in [1.29, 1.82) is 0 Å². The number of rotatable bonds is 9. The first kappa shape index (κ1) is 25.1. The lowest BCUT2D eigenvalue weighted by Crippen LogP contribution is -2.21. The number of anilines is 2. The molecule has 0 saturated heterocycles. The molecule has 4 rings (SSSR count). The van der Waals surface area contributed by atoms with Gasteiger partial charge in [-0.15, -0.1) is 11.3 Å². The van der Waals surface area contributed by atoms with Gasteiger partial charge in [-0.05, 0) is 44.4 Å². The Labute approximate surface area is 211 Å². The van der Waals surface area contributed by atoms with Crippen LogP contribution in [-0.4, -0.2) is 42.9 Å². The Kier molecular flexibility index (Phi) is 7.77. The molecule has 186 valence electrons. The van der Waals surface area contributed by atoms with Crippen molar-refractivity contribution in [2.75, 3.05) is 31.8 Å². The van der Waals surface area contributed by atoms with Gasteiger partial charge in [-0.3, -0.25) is 14.6 Å². The summed E-state index contributed by atoms with van der Waals surface area (Å²) in [6.07, 6.45) is 1.17. The van der Waals surface area contributed by atoms with Crippen molar-refractivity contribution in [3.63, 3.8) is 0 Å². The number of thiophene rings is 1. The molecule has 36 heavy (non-hydrogen) atoms. The molecule has 0 aliphatic heterocycles. The number of ether oxygens (including phenoxy) is 2. The number of pyridine rings is 1. The van der Waals surface area contributed by atoms with Gasteiger partial charge in [-0.2, -0.15) is 0 Å². The van der Waals surface area contributed by atoms with Crippen LogP contribution in [-0.2, 0) is 16.1 Å². The van der Waals surface area contributed by atoms with Crippen LogP contribution >= 0.6 is 11.3 Å². The first-order chi connectivity index (χ1) is 17.3. The van der Waals surface area contributed by atoms with E-state index in [4.69, 9.17) is 9.47 Å². The fourth-order valence-corrected chi connectivity index (χ4v) is 4.69. The monoisotopic (exact) mass is 508 g/mol. The number of nitrogens with zero attached hydrogens (tertiary/aromatic N) is 2. The van der Waals surface area contributed by atoms with E-state index in [9.17, 15) is 14.0 Å². The number of aromatic nitrogens is 1. The van der Waals surface area contributed by atoms with Crippen LogP contribution in [0.3, 0.4) is 0 Å². The average Bonchev–Trinajstić information content (AvgIpc) is 3.23. The summed E-state index contributed by atoms with van der Waals surface area (Å²) in [6, 6.07) is 14.6. The Morgan fingerprint density at radius 2 is 1.78 bits per heavy atom. The number of methoxy groups -OCH3 is 1. The van der Waals surface area contributed by atoms with Crippen molar-refractivity contribution < 1.29 is 23.5 Å². The number of hydrogen-bond donors (Lipinski definition) is 2. The van der Waals surface area contributed by atoms with E-state index in [2.05, 4.69) is 20.5 Å². The minimum atomic E-state index is -0.652. The lowest BCUT2D eigenvalue weighted by atomic mass is 10.2. The van der Waals surface area contributed by atoms with Gasteiger partial charge in [0, 0.05) is 35.4 Å². The van der Waals surface area contributed by atoms with E-state index in [1.165, 1.54) is 19.2 Å². The predicted molar refractivity (Wildman–Crippen MR) is 138 cm³/mol. The zero-order valence-electron chi connectivity index (χ0n) is 20.0. The first-order valence-electron chi connectivity index (χ1n) is 11.0. The number of benzene rings is 2. The Morgan fingerprint density at radius 3 is 2.53 bits per heavy atom. The second-order valence-corrected chi connectivity index (χ2v) is 9.33. The summed E-state index contributed by atoms with van der Waals surface area (Å²) >= 11 is 1.54. The normalized spacial score (nSPS) is 10.9. The molecule has 2 amide bonds. The number of hydrogen-bond acceptors (Lipinski definition) is 7. The van der Waals surface area contributed by atoms with E-state index in [0.717, 1.165) is 27.7 Å². The van der Waals surface area contributed by atoms with Crippen molar-refractivity contribution in [2.45, 2.75) is 13.0 Å². The second kappa shape index (κ2) is 11.1. The van der Waals surface area contributed by atoms with Gasteiger partial charge in [0.2, 0.25) is 11.8 Å². The highest BCUT2D eigenvalue weighted by Crippen LogP contribution is 2.36. The smallest absolute Gasteiger partial charge is 0.233 e. The van der Waals surface area contributed by atoms with Crippen molar-refractivity contribution in [2.24, 2.45) is 0 Å². The number of para-hydroxylation sites is 2. The standard InChI is InChI=1S/C26H25FN4O4S/c1-31(2)15-17-13-20-26(36-17)23(10-11-28-20)35-21-9-8-16(12-18(21)27)29-24(32)14-25(33)30-19-6-4-5-7-22(19)34-3/h4-13H,14-15H2,1-3H3,(H,29,32)(H,30,33). The average molecular weight is 509 g/mol. The first-order valence-corrected chi connectivity index (χ1v) is 11.9. The summed E-state index contributed by atoms with van der Waals surface area (Å²) in [5.74, 6) is -0.772. The summed E-state index contributed by atoms with van der Waals surface area (Å²) in [5.41, 5.74) is 1.44. The zero-order valence-corrected chi connectivity index (χ0v) is 20.8. The van der Waals surface area contributed by atoms with E-state index in [1.54, 1.807) is 47.9 Å². The maximum atomic E-state index is 14.8. The van der Waals surface area contributed by atoms with Crippen LogP contribution in [0.5, 0.6) is 17.2 Å². The third kappa shape index (κ3) is 6.15. The lowest BCUT2D eigenvalue weighted by Gasteiger charge is -2.11. The maximum Gasteiger partial charge on any atom is 0.233 e. The van der Waals surface area contributed by atoms with Gasteiger partial charge in [-0.25, -0.2) is 4.39 Å². The summed E-state index contributed by atoms with van der Waals surface area (Å²) in [6.45, 7) is 0.764. The summed E-state index contributed by atoms with van der Waals surface area (Å²) in [5, 5.41) is 5.16. The molecule has 4 aromatic rings. The van der Waals surface area contributed by atoms with Gasteiger partial charge < -0.3 is 25.0 Å². The molecule has 0 unspecified atom stereocenters. The third-order valence-corrected chi connectivity index (χ3v) is 6.16. The van der Waals surface area contributed by atoms with Crippen molar-refractivity contribution >= 4 is 44.7 Å². The molecule has 0 aliphatic carbocycles. The molecule has 2 heterocycles. The van der Waals surface area contributed by atoms with Gasteiger partial charge in [0.15, 0.2) is 11.6 Å². The molecular weight excluding hydrogens is 483 g/mol. The predicted octanol–water partition coefficient (Wildman–Crippen LogP) is 5.27. The van der Waals surface area contributed by atoms with Crippen LogP contribution in [0.4, 0.5) is 15.8 Å². The minimum Gasteiger partial charge on any atom is -0.495 e. The van der Waals surface area contributed by atoms with Crippen molar-refractivity contribution in [3.8, 4) is 17.2 Å². The maximum absolute atomic E-state index is 14.8. The van der Waals surface area contributed by atoms with E-state index in [-0.39, 0.29) is 11.4 Å². The topological polar surface area (TPSA) is 92.8 Å². The molecule has 0 spiro atoms. The number of carbonyl (C=O) groups excluding carboxylic acids is 2. The molecule has 2 aromatic carbocycles. The van der Waals surface area contributed by atoms with E-state index in [0.29, 0.717) is 17.2 Å². The minimum absolute atomic E-state index is 0.0111. The van der Waals surface area contributed by atoms with Gasteiger partial charge in [-0.1, -0.05) is 12.1 Å². The van der Waals surface area contributed by atoms with Gasteiger partial charge >= 0.3 is 0 Å². The Morgan fingerprint density at radius 1 is 1.00 bits per heavy atom. The van der Waals surface area contributed by atoms with Crippen molar-refractivity contribution in [3.05, 3.63) is 71.5 Å². The lowest BCUT2D eigenvalue weighted by molar-refractivity contribution is -0.123. The van der Waals surface area contributed by atoms with Crippen LogP contribution < -0.4 is 20.1 Å². The summed E-state index contributed by atoms with van der Waals surface area (Å²) in [7, 11) is 5.45. The Balaban J connectivity index is 1.40. The molecule has 2 aromatic heterocycles. The Hall–Kier alpha value is -4.02. The van der Waals surface area contributed by atoms with Crippen LogP contribution in [0.15, 0.2) is 60.8 Å². The van der Waals surface area contributed by atoms with E-state index < -0.39 is 24.1 Å².